The Labute approximate surface area is 228 Å². The van der Waals surface area contributed by atoms with Gasteiger partial charge in [0.15, 0.2) is 0 Å². The van der Waals surface area contributed by atoms with Crippen molar-refractivity contribution in [3.63, 3.8) is 0 Å². The van der Waals surface area contributed by atoms with E-state index in [-0.39, 0.29) is 44.5 Å². The van der Waals surface area contributed by atoms with Crippen LogP contribution >= 0.6 is 0 Å². The molecule has 0 atom stereocenters. The lowest BCUT2D eigenvalue weighted by atomic mass is 10.1. The van der Waals surface area contributed by atoms with Gasteiger partial charge < -0.3 is 18.9 Å². The van der Waals surface area contributed by atoms with E-state index in [1.165, 1.54) is 25.7 Å². The van der Waals surface area contributed by atoms with Crippen LogP contribution in [0.25, 0.3) is 0 Å². The first-order valence-electron chi connectivity index (χ1n) is 14.0. The van der Waals surface area contributed by atoms with Gasteiger partial charge in [0.25, 0.3) is 0 Å². The van der Waals surface area contributed by atoms with Gasteiger partial charge in [-0.3, -0.25) is 14.4 Å². The summed E-state index contributed by atoms with van der Waals surface area (Å²) < 4.78 is 19.3. The van der Waals surface area contributed by atoms with Crippen LogP contribution < -0.4 is 0 Å². The maximum atomic E-state index is 11.8. The number of rotatable bonds is 22. The van der Waals surface area contributed by atoms with E-state index >= 15 is 0 Å². The molecule has 0 saturated carbocycles. The molecule has 8 heteroatoms. The van der Waals surface area contributed by atoms with Crippen molar-refractivity contribution in [2.75, 3.05) is 19.8 Å². The molecule has 0 amide bonds. The summed E-state index contributed by atoms with van der Waals surface area (Å²) in [6.07, 6.45) is 21.8. The minimum Gasteiger partial charge on any atom is -0.466 e. The van der Waals surface area contributed by atoms with Gasteiger partial charge in [0, 0.05) is 12.8 Å². The van der Waals surface area contributed by atoms with Crippen LogP contribution in [0.1, 0.15) is 104 Å². The van der Waals surface area contributed by atoms with Crippen molar-refractivity contribution in [1.29, 1.82) is 0 Å². The monoisotopic (exact) mass is 536 g/mol. The molecule has 0 aromatic rings. The molecule has 0 fully saturated rings. The number of hydrogen-bond acceptors (Lipinski definition) is 8. The van der Waals surface area contributed by atoms with Gasteiger partial charge in [-0.15, -0.1) is 0 Å². The predicted octanol–water partition coefficient (Wildman–Crippen LogP) is 7.17. The Morgan fingerprint density at radius 1 is 0.605 bits per heavy atom. The molecule has 0 unspecified atom stereocenters. The van der Waals surface area contributed by atoms with Crippen molar-refractivity contribution in [3.8, 4) is 0 Å². The van der Waals surface area contributed by atoms with E-state index in [2.05, 4.69) is 48.1 Å². The van der Waals surface area contributed by atoms with Crippen LogP contribution in [-0.2, 0) is 33.3 Å². The predicted molar refractivity (Wildman–Crippen MR) is 147 cm³/mol. The lowest BCUT2D eigenvalue weighted by Crippen LogP contribution is -2.17. The molecule has 0 heterocycles. The van der Waals surface area contributed by atoms with Gasteiger partial charge >= 0.3 is 24.1 Å². The Bertz CT molecular complexity index is 737. The van der Waals surface area contributed by atoms with Gasteiger partial charge in [-0.25, -0.2) is 4.79 Å². The van der Waals surface area contributed by atoms with Crippen LogP contribution in [0.2, 0.25) is 0 Å². The summed E-state index contributed by atoms with van der Waals surface area (Å²) >= 11 is 0. The molecule has 216 valence electrons. The number of hydrogen-bond donors (Lipinski definition) is 0. The van der Waals surface area contributed by atoms with Gasteiger partial charge in [0.1, 0.15) is 0 Å². The van der Waals surface area contributed by atoms with E-state index in [0.717, 1.165) is 32.1 Å². The Morgan fingerprint density at radius 2 is 1.13 bits per heavy atom. The average molecular weight is 537 g/mol. The molecular weight excluding hydrogens is 488 g/mol. The minimum absolute atomic E-state index is 0.0755. The standard InChI is InChI=1S/C30H48O8/c1-4-5-6-7-8-9-10-11-12-13-14-15-16-17-18-20-27(31)35-23-19-24-36-28(32)21-22-29(33)38-30(34)37-25-26(2)3/h8-9,11-12,14-15,26H,4-7,10,13,16-25H2,1-3H3. The Balaban J connectivity index is 3.59. The quantitative estimate of drug-likeness (QED) is 0.0471. The highest BCUT2D eigenvalue weighted by molar-refractivity contribution is 5.84. The number of carbonyl (C=O) groups excluding carboxylic acids is 4. The topological polar surface area (TPSA) is 105 Å². The molecule has 0 aromatic heterocycles. The number of esters is 3. The van der Waals surface area contributed by atoms with E-state index in [1.54, 1.807) is 0 Å². The summed E-state index contributed by atoms with van der Waals surface area (Å²) in [7, 11) is 0. The van der Waals surface area contributed by atoms with Crippen LogP contribution in [0.15, 0.2) is 36.5 Å². The van der Waals surface area contributed by atoms with E-state index in [0.29, 0.717) is 12.8 Å². The second kappa shape index (κ2) is 25.7. The third-order valence-electron chi connectivity index (χ3n) is 5.10. The molecule has 0 radical (unpaired) electrons. The van der Waals surface area contributed by atoms with Crippen LogP contribution in [0.4, 0.5) is 4.79 Å². The molecule has 0 N–H and O–H groups in total. The fourth-order valence-electron chi connectivity index (χ4n) is 3.01. The van der Waals surface area contributed by atoms with Crippen molar-refractivity contribution < 1.29 is 38.1 Å². The highest BCUT2D eigenvalue weighted by atomic mass is 16.7. The second-order valence-electron chi connectivity index (χ2n) is 9.35. The Kier molecular flexibility index (Phi) is 23.8. The summed E-state index contributed by atoms with van der Waals surface area (Å²) in [5.74, 6) is -1.59. The molecule has 0 bridgehead atoms. The normalized spacial score (nSPS) is 11.5. The fraction of sp³-hybridized carbons (Fsp3) is 0.667. The zero-order valence-electron chi connectivity index (χ0n) is 23.6. The molecule has 0 aliphatic rings. The molecule has 0 aromatic carbocycles. The maximum Gasteiger partial charge on any atom is 0.516 e. The second-order valence-corrected chi connectivity index (χ2v) is 9.35. The van der Waals surface area contributed by atoms with Crippen LogP contribution in [0, 0.1) is 5.92 Å². The zero-order valence-corrected chi connectivity index (χ0v) is 23.6. The summed E-state index contributed by atoms with van der Waals surface area (Å²) in [6.45, 7) is 6.30. The number of unbranched alkanes of at least 4 members (excludes halogenated alkanes) is 5. The number of allylic oxidation sites excluding steroid dienone is 6. The summed E-state index contributed by atoms with van der Waals surface area (Å²) in [6, 6.07) is 0. The molecule has 38 heavy (non-hydrogen) atoms. The van der Waals surface area contributed by atoms with Crippen molar-refractivity contribution in [2.24, 2.45) is 5.92 Å². The molecule has 0 aliphatic heterocycles. The summed E-state index contributed by atoms with van der Waals surface area (Å²) in [5.41, 5.74) is 0. The first kappa shape index (κ1) is 35.1. The lowest BCUT2D eigenvalue weighted by Gasteiger charge is -2.07. The largest absolute Gasteiger partial charge is 0.516 e. The smallest absolute Gasteiger partial charge is 0.466 e. The molecule has 0 saturated heterocycles. The number of carbonyl (C=O) groups is 4. The van der Waals surface area contributed by atoms with Crippen LogP contribution in [0.5, 0.6) is 0 Å². The highest BCUT2D eigenvalue weighted by Crippen LogP contribution is 2.05. The third-order valence-corrected chi connectivity index (χ3v) is 5.10. The van der Waals surface area contributed by atoms with E-state index in [1.807, 2.05) is 13.8 Å². The SMILES string of the molecule is CCCCCC=CCC=CCC=CCCCCC(=O)OCCCOC(=O)CCC(=O)OC(=O)OCC(C)C. The average Bonchev–Trinajstić information content (AvgIpc) is 2.88. The third kappa shape index (κ3) is 26.2. The summed E-state index contributed by atoms with van der Waals surface area (Å²) in [4.78, 5) is 46.2. The Morgan fingerprint density at radius 3 is 1.71 bits per heavy atom. The fourth-order valence-corrected chi connectivity index (χ4v) is 3.01. The van der Waals surface area contributed by atoms with E-state index in [4.69, 9.17) is 14.2 Å². The van der Waals surface area contributed by atoms with Gasteiger partial charge in [-0.1, -0.05) is 70.1 Å². The van der Waals surface area contributed by atoms with Gasteiger partial charge in [-0.2, -0.15) is 0 Å². The number of ether oxygens (including phenoxy) is 4. The van der Waals surface area contributed by atoms with Crippen molar-refractivity contribution >= 4 is 24.1 Å². The molecule has 0 spiro atoms. The zero-order chi connectivity index (χ0) is 28.3. The van der Waals surface area contributed by atoms with Gasteiger partial charge in [0.05, 0.1) is 32.7 Å². The maximum absolute atomic E-state index is 11.8. The van der Waals surface area contributed by atoms with Crippen molar-refractivity contribution in [1.82, 2.24) is 0 Å². The van der Waals surface area contributed by atoms with Gasteiger partial charge in [-0.05, 0) is 50.9 Å². The molecular formula is C30H48O8. The molecule has 0 aliphatic carbocycles. The molecule has 8 nitrogen and oxygen atoms in total. The lowest BCUT2D eigenvalue weighted by molar-refractivity contribution is -0.150. The van der Waals surface area contributed by atoms with Crippen LogP contribution in [-0.4, -0.2) is 43.9 Å². The van der Waals surface area contributed by atoms with Crippen molar-refractivity contribution in [3.05, 3.63) is 36.5 Å². The van der Waals surface area contributed by atoms with E-state index < -0.39 is 18.1 Å². The first-order chi connectivity index (χ1) is 18.3. The van der Waals surface area contributed by atoms with Crippen molar-refractivity contribution in [2.45, 2.75) is 104 Å². The van der Waals surface area contributed by atoms with Crippen LogP contribution in [0.3, 0.4) is 0 Å². The minimum atomic E-state index is -1.07. The highest BCUT2D eigenvalue weighted by Gasteiger charge is 2.15. The molecule has 0 rings (SSSR count). The van der Waals surface area contributed by atoms with Gasteiger partial charge in [0.2, 0.25) is 0 Å². The Hall–Kier alpha value is -2.90. The van der Waals surface area contributed by atoms with E-state index in [9.17, 15) is 19.2 Å². The first-order valence-corrected chi connectivity index (χ1v) is 14.0. The summed E-state index contributed by atoms with van der Waals surface area (Å²) in [5, 5.41) is 0.